The van der Waals surface area contributed by atoms with Crippen LogP contribution in [-0.4, -0.2) is 152 Å². The van der Waals surface area contributed by atoms with E-state index in [0.29, 0.717) is 84.0 Å². The highest BCUT2D eigenvalue weighted by atomic mass is 32.2. The van der Waals surface area contributed by atoms with Gasteiger partial charge in [-0.3, -0.25) is 43.8 Å². The van der Waals surface area contributed by atoms with Gasteiger partial charge in [0.2, 0.25) is 29.3 Å². The molecule has 65 heavy (non-hydrogen) atoms. The highest BCUT2D eigenvalue weighted by Gasteiger charge is 2.35. The van der Waals surface area contributed by atoms with Gasteiger partial charge in [0.15, 0.2) is 0 Å². The molecule has 0 saturated carbocycles. The Morgan fingerprint density at radius 2 is 1.00 bits per heavy atom. The maximum atomic E-state index is 14.0. The number of ether oxygens (including phenoxy) is 2. The van der Waals surface area contributed by atoms with Crippen molar-refractivity contribution in [3.63, 3.8) is 0 Å². The molecule has 0 aromatic heterocycles. The van der Waals surface area contributed by atoms with Crippen molar-refractivity contribution in [3.8, 4) is 0 Å². The van der Waals surface area contributed by atoms with Crippen LogP contribution >= 0.6 is 11.8 Å². The van der Waals surface area contributed by atoms with Crippen LogP contribution in [0.3, 0.4) is 0 Å². The molecule has 0 radical (unpaired) electrons. The molecule has 0 saturated heterocycles. The fraction of sp³-hybridized carbons (Fsp3) is 0.810. The van der Waals surface area contributed by atoms with Crippen molar-refractivity contribution < 1.29 is 52.9 Å². The molecule has 0 aromatic carbocycles. The fourth-order valence-electron chi connectivity index (χ4n) is 6.15. The predicted molar refractivity (Wildman–Crippen MR) is 248 cm³/mol. The van der Waals surface area contributed by atoms with E-state index in [0.717, 1.165) is 11.8 Å². The molecule has 7 atom stereocenters. The summed E-state index contributed by atoms with van der Waals surface area (Å²) in [6.45, 7) is 7.37. The largest absolute Gasteiger partial charge is 0.462 e. The zero-order chi connectivity index (χ0) is 49.2. The molecule has 0 heterocycles. The van der Waals surface area contributed by atoms with Crippen molar-refractivity contribution in [1.29, 1.82) is 0 Å². The van der Waals surface area contributed by atoms with Crippen LogP contribution in [0, 0.1) is 0 Å². The van der Waals surface area contributed by atoms with Crippen molar-refractivity contribution >= 4 is 58.9 Å². The molecule has 23 heteroatoms. The summed E-state index contributed by atoms with van der Waals surface area (Å²) >= 11 is 1.16. The lowest BCUT2D eigenvalue weighted by Crippen LogP contribution is -2.60. The first-order valence-electron chi connectivity index (χ1n) is 22.9. The molecule has 0 aliphatic heterocycles. The molecule has 0 aliphatic rings. The Balaban J connectivity index is 6.02. The van der Waals surface area contributed by atoms with Crippen LogP contribution in [0.15, 0.2) is 0 Å². The van der Waals surface area contributed by atoms with Crippen molar-refractivity contribution in [2.24, 2.45) is 28.7 Å². The van der Waals surface area contributed by atoms with Gasteiger partial charge in [0.05, 0.1) is 24.7 Å². The molecule has 0 spiro atoms. The highest BCUT2D eigenvalue weighted by Crippen LogP contribution is 2.13. The lowest BCUT2D eigenvalue weighted by atomic mass is 9.94. The third-order valence-electron chi connectivity index (χ3n) is 9.89. The van der Waals surface area contributed by atoms with Gasteiger partial charge in [0.1, 0.15) is 30.8 Å². The quantitative estimate of drug-likeness (QED) is 0.0134. The maximum absolute atomic E-state index is 14.0. The Morgan fingerprint density at radius 3 is 1.45 bits per heavy atom. The standard InChI is InChI=1S/C42H81N11O11S/c1-5-35(55)63-24-28(64-36(56)6-2)25-65-26-29(47)39(59)53-52-34(23-54)42(62)51-33(18-10-14-22-46)41(61)50-32(17-9-13-21-45)40(60)49-31(16-8-12-20-44)38(58)37(57)30(48-27(3)4)15-7-11-19-43/h27-34,48,52,54H,5-26,43-47H2,1-4H3,(H,49,60)(H,50,61)(H,51,62)(H,53,59)/t28-,29+,30-,31-,32?,33-,34?/m0/s1. The number of unbranched alkanes of at least 4 members (excludes halogenated alkanes) is 4. The summed E-state index contributed by atoms with van der Waals surface area (Å²) in [5, 5.41) is 21.3. The number of hydrazine groups is 1. The SMILES string of the molecule is CCC(=O)OC[C@@H](CSC[C@@H](N)C(=O)NNC(CO)C(=O)N[C@@H](CCCCN)C(=O)NC(CCCCN)C(=O)N[C@@H](CCCCN)C(=O)C(=O)[C@H](CCCCN)NC(C)C)OC(=O)CC. The molecule has 0 bridgehead atoms. The number of esters is 2. The van der Waals surface area contributed by atoms with Crippen molar-refractivity contribution in [1.82, 2.24) is 32.1 Å². The second-order valence-corrected chi connectivity index (χ2v) is 17.0. The van der Waals surface area contributed by atoms with Gasteiger partial charge in [-0.2, -0.15) is 11.8 Å². The lowest BCUT2D eigenvalue weighted by molar-refractivity contribution is -0.157. The number of carbonyl (C=O) groups excluding carboxylic acids is 8. The number of ketones is 2. The predicted octanol–water partition coefficient (Wildman–Crippen LogP) is -2.22. The van der Waals surface area contributed by atoms with Crippen LogP contribution in [0.25, 0.3) is 0 Å². The number of aliphatic hydroxyl groups excluding tert-OH is 1. The van der Waals surface area contributed by atoms with E-state index < -0.39 is 96.1 Å². The van der Waals surface area contributed by atoms with E-state index >= 15 is 0 Å². The second-order valence-electron chi connectivity index (χ2n) is 15.9. The van der Waals surface area contributed by atoms with Crippen LogP contribution < -0.4 is 60.8 Å². The van der Waals surface area contributed by atoms with Crippen molar-refractivity contribution in [3.05, 3.63) is 0 Å². The molecule has 22 nitrogen and oxygen atoms in total. The number of hydrogen-bond acceptors (Lipinski definition) is 19. The number of thioether (sulfide) groups is 1. The van der Waals surface area contributed by atoms with Gasteiger partial charge in [-0.1, -0.05) is 34.1 Å². The van der Waals surface area contributed by atoms with E-state index in [2.05, 4.69) is 32.1 Å². The van der Waals surface area contributed by atoms with Crippen molar-refractivity contribution in [2.75, 3.05) is 50.9 Å². The Morgan fingerprint density at radius 1 is 0.569 bits per heavy atom. The van der Waals surface area contributed by atoms with Gasteiger partial charge in [0, 0.05) is 30.4 Å². The molecular formula is C42H81N11O11S. The molecule has 0 fully saturated rings. The highest BCUT2D eigenvalue weighted by molar-refractivity contribution is 7.99. The minimum Gasteiger partial charge on any atom is -0.462 e. The summed E-state index contributed by atoms with van der Waals surface area (Å²) < 4.78 is 10.4. The van der Waals surface area contributed by atoms with E-state index in [1.165, 1.54) is 0 Å². The number of nitrogens with one attached hydrogen (secondary N) is 6. The second kappa shape index (κ2) is 37.3. The number of hydrogen-bond donors (Lipinski definition) is 12. The summed E-state index contributed by atoms with van der Waals surface area (Å²) in [6, 6.07) is -7.07. The first kappa shape index (κ1) is 61.2. The maximum Gasteiger partial charge on any atom is 0.305 e. The average molecular weight is 948 g/mol. The van der Waals surface area contributed by atoms with E-state index in [1.807, 2.05) is 13.8 Å². The minimum atomic E-state index is -1.44. The van der Waals surface area contributed by atoms with Gasteiger partial charge in [-0.15, -0.1) is 0 Å². The number of rotatable bonds is 40. The Hall–Kier alpha value is -3.81. The van der Waals surface area contributed by atoms with Crippen molar-refractivity contribution in [2.45, 2.75) is 166 Å². The van der Waals surface area contributed by atoms with E-state index in [1.54, 1.807) is 13.8 Å². The van der Waals surface area contributed by atoms with Gasteiger partial charge < -0.3 is 64.5 Å². The van der Waals surface area contributed by atoms with Crippen LogP contribution in [0.4, 0.5) is 0 Å². The molecular weight excluding hydrogens is 867 g/mol. The zero-order valence-corrected chi connectivity index (χ0v) is 39.8. The molecule has 0 aliphatic carbocycles. The number of carbonyl (C=O) groups is 8. The van der Waals surface area contributed by atoms with Gasteiger partial charge in [-0.25, -0.2) is 5.43 Å². The van der Waals surface area contributed by atoms with Crippen LogP contribution in [0.1, 0.15) is 118 Å². The Bertz CT molecular complexity index is 1430. The average Bonchev–Trinajstić information content (AvgIpc) is 3.28. The molecule has 4 amide bonds. The fourth-order valence-corrected chi connectivity index (χ4v) is 7.12. The molecule has 17 N–H and O–H groups in total. The first-order chi connectivity index (χ1) is 31.0. The topological polar surface area (TPSA) is 378 Å². The number of Topliss-reactive ketones (excluding diaryl/α,β-unsaturated/α-hetero) is 2. The monoisotopic (exact) mass is 948 g/mol. The van der Waals surface area contributed by atoms with Crippen LogP contribution in [0.2, 0.25) is 0 Å². The summed E-state index contributed by atoms with van der Waals surface area (Å²) in [4.78, 5) is 105. The van der Waals surface area contributed by atoms with Crippen LogP contribution in [-0.2, 0) is 47.8 Å². The Kier molecular flexibility index (Phi) is 35.1. The third-order valence-corrected chi connectivity index (χ3v) is 11.1. The summed E-state index contributed by atoms with van der Waals surface area (Å²) in [6.07, 6.45) is 4.31. The van der Waals surface area contributed by atoms with Gasteiger partial charge in [0.25, 0.3) is 5.91 Å². The molecule has 0 aromatic rings. The molecule has 0 rings (SSSR count). The lowest BCUT2D eigenvalue weighted by Gasteiger charge is -2.27. The summed E-state index contributed by atoms with van der Waals surface area (Å²) in [5.74, 6) is -5.25. The third kappa shape index (κ3) is 27.4. The van der Waals surface area contributed by atoms with E-state index in [4.69, 9.17) is 38.1 Å². The smallest absolute Gasteiger partial charge is 0.305 e. The zero-order valence-electron chi connectivity index (χ0n) is 39.0. The van der Waals surface area contributed by atoms with Gasteiger partial charge in [-0.05, 0) is 96.8 Å². The first-order valence-corrected chi connectivity index (χ1v) is 24.1. The van der Waals surface area contributed by atoms with Crippen LogP contribution in [0.5, 0.6) is 0 Å². The Labute approximate surface area is 388 Å². The van der Waals surface area contributed by atoms with E-state index in [9.17, 15) is 43.5 Å². The number of aliphatic hydroxyl groups is 1. The number of amides is 4. The number of nitrogens with two attached hydrogens (primary N) is 5. The minimum absolute atomic E-state index is 0.0405. The van der Waals surface area contributed by atoms with E-state index in [-0.39, 0.29) is 56.3 Å². The normalized spacial score (nSPS) is 14.5. The summed E-state index contributed by atoms with van der Waals surface area (Å²) in [7, 11) is 0. The molecule has 376 valence electrons. The van der Waals surface area contributed by atoms with Gasteiger partial charge >= 0.3 is 11.9 Å². The molecule has 2 unspecified atom stereocenters. The summed E-state index contributed by atoms with van der Waals surface area (Å²) in [5.41, 5.74) is 33.6.